The molecule has 168 valence electrons. The van der Waals surface area contributed by atoms with Gasteiger partial charge in [-0.05, 0) is 0 Å². The van der Waals surface area contributed by atoms with Crippen molar-refractivity contribution >= 4 is 22.1 Å². The molecule has 2 atom stereocenters. The lowest BCUT2D eigenvalue weighted by Crippen LogP contribution is -2.46. The number of ether oxygens (including phenoxy) is 2. The molecule has 0 saturated carbocycles. The van der Waals surface area contributed by atoms with Gasteiger partial charge in [0.2, 0.25) is 6.10 Å². The molecule has 0 aromatic heterocycles. The van der Waals surface area contributed by atoms with Gasteiger partial charge in [0.25, 0.3) is 22.1 Å². The van der Waals surface area contributed by atoms with E-state index in [0.717, 1.165) is 0 Å². The molecule has 0 amide bonds. The molecule has 2 unspecified atom stereocenters. The third kappa shape index (κ3) is 11.4. The van der Waals surface area contributed by atoms with Crippen LogP contribution in [0.3, 0.4) is 0 Å². The second-order valence-corrected chi connectivity index (χ2v) is 6.75. The highest BCUT2D eigenvalue weighted by Crippen LogP contribution is 2.34. The first kappa shape index (κ1) is 26.8. The molecule has 29 heavy (non-hydrogen) atoms. The van der Waals surface area contributed by atoms with E-state index in [1.165, 1.54) is 0 Å². The van der Waals surface area contributed by atoms with Gasteiger partial charge in [-0.3, -0.25) is 4.55 Å². The highest BCUT2D eigenvalue weighted by atomic mass is 32.2. The number of esters is 2. The molecule has 0 aliphatic heterocycles. The minimum atomic E-state index is -5.60. The summed E-state index contributed by atoms with van der Waals surface area (Å²) >= 11 is 0. The molecule has 0 rings (SSSR count). The smallest absolute Gasteiger partial charge is 0.431 e. The second kappa shape index (κ2) is 9.51. The van der Waals surface area contributed by atoms with E-state index in [9.17, 15) is 53.1 Å². The summed E-state index contributed by atoms with van der Waals surface area (Å²) in [6.45, 7) is -0.151. The van der Waals surface area contributed by atoms with E-state index in [-0.39, 0.29) is 19.1 Å². The second-order valence-electron chi connectivity index (χ2n) is 5.25. The molecule has 16 heteroatoms. The molecule has 0 aliphatic rings. The number of allylic oxidation sites excluding steroid dienone is 2. The van der Waals surface area contributed by atoms with E-state index in [1.54, 1.807) is 0 Å². The van der Waals surface area contributed by atoms with Crippen molar-refractivity contribution in [2.45, 2.75) is 37.4 Å². The van der Waals surface area contributed by atoms with Crippen LogP contribution in [0, 0.1) is 0 Å². The van der Waals surface area contributed by atoms with Crippen molar-refractivity contribution in [1.29, 1.82) is 0 Å². The number of hydrogen-bond acceptors (Lipinski definition) is 6. The SMILES string of the molecule is CC(F)(F)C(OC(=O)/C=C/C=C/C(=O)OC(CS(=O)(=O)O)C(F)(F)F)C(F)(F)F. The van der Waals surface area contributed by atoms with Gasteiger partial charge in [-0.15, -0.1) is 0 Å². The molecule has 0 aromatic rings. The van der Waals surface area contributed by atoms with Crippen LogP contribution in [0.25, 0.3) is 0 Å². The Bertz CT molecular complexity index is 733. The fraction of sp³-hybridized carbons (Fsp3) is 0.538. The van der Waals surface area contributed by atoms with Crippen molar-refractivity contribution in [2.24, 2.45) is 0 Å². The Balaban J connectivity index is 4.98. The topological polar surface area (TPSA) is 107 Å². The summed E-state index contributed by atoms with van der Waals surface area (Å²) in [5.41, 5.74) is 0. The minimum absolute atomic E-state index is 0.147. The first-order valence-electron chi connectivity index (χ1n) is 6.96. The molecule has 0 saturated heterocycles. The van der Waals surface area contributed by atoms with Crippen LogP contribution in [0.15, 0.2) is 24.3 Å². The number of hydrogen-bond donors (Lipinski definition) is 1. The van der Waals surface area contributed by atoms with Gasteiger partial charge in [0, 0.05) is 19.1 Å². The summed E-state index contributed by atoms with van der Waals surface area (Å²) in [5, 5.41) is 0. The molecule has 1 N–H and O–H groups in total. The maximum Gasteiger partial charge on any atom is 0.431 e. The molecule has 0 heterocycles. The minimum Gasteiger partial charge on any atom is -0.448 e. The number of rotatable bonds is 8. The Morgan fingerprint density at radius 2 is 1.31 bits per heavy atom. The third-order valence-electron chi connectivity index (χ3n) is 2.55. The normalized spacial score (nSPS) is 16.1. The zero-order chi connectivity index (χ0) is 23.3. The van der Waals surface area contributed by atoms with Gasteiger partial charge in [-0.2, -0.15) is 34.8 Å². The summed E-state index contributed by atoms with van der Waals surface area (Å²) in [5.74, 6) is -10.2. The van der Waals surface area contributed by atoms with E-state index < -0.39 is 58.3 Å². The van der Waals surface area contributed by atoms with E-state index in [4.69, 9.17) is 4.55 Å². The maximum absolute atomic E-state index is 12.8. The van der Waals surface area contributed by atoms with Crippen molar-refractivity contribution in [3.8, 4) is 0 Å². The van der Waals surface area contributed by atoms with Crippen LogP contribution in [0.5, 0.6) is 0 Å². The van der Waals surface area contributed by atoms with Crippen LogP contribution in [0.1, 0.15) is 6.92 Å². The van der Waals surface area contributed by atoms with Gasteiger partial charge in [0.15, 0.2) is 0 Å². The van der Waals surface area contributed by atoms with Crippen molar-refractivity contribution in [3.63, 3.8) is 0 Å². The fourth-order valence-electron chi connectivity index (χ4n) is 1.45. The van der Waals surface area contributed by atoms with E-state index in [0.29, 0.717) is 12.2 Å². The van der Waals surface area contributed by atoms with Gasteiger partial charge < -0.3 is 9.47 Å². The average molecular weight is 464 g/mol. The molecule has 0 bridgehead atoms. The summed E-state index contributed by atoms with van der Waals surface area (Å²) in [6, 6.07) is 0. The highest BCUT2D eigenvalue weighted by Gasteiger charge is 2.56. The molecule has 0 aliphatic carbocycles. The van der Waals surface area contributed by atoms with Gasteiger partial charge in [-0.25, -0.2) is 18.4 Å². The molecule has 0 fully saturated rings. The Morgan fingerprint density at radius 3 is 1.62 bits per heavy atom. The summed E-state index contributed by atoms with van der Waals surface area (Å²) in [6.07, 6.45) is -16.7. The summed E-state index contributed by atoms with van der Waals surface area (Å²) < 4.78 is 137. The van der Waals surface area contributed by atoms with Crippen LogP contribution in [-0.2, 0) is 29.2 Å². The number of carbonyl (C=O) groups is 2. The summed E-state index contributed by atoms with van der Waals surface area (Å²) in [4.78, 5) is 22.3. The predicted octanol–water partition coefficient (Wildman–Crippen LogP) is 2.59. The molecule has 7 nitrogen and oxygen atoms in total. The van der Waals surface area contributed by atoms with Gasteiger partial charge >= 0.3 is 24.3 Å². The molecule has 0 spiro atoms. The average Bonchev–Trinajstić information content (AvgIpc) is 2.44. The van der Waals surface area contributed by atoms with Crippen LogP contribution in [-0.4, -0.2) is 61.1 Å². The van der Waals surface area contributed by atoms with Crippen molar-refractivity contribution in [3.05, 3.63) is 24.3 Å². The Kier molecular flexibility index (Phi) is 8.78. The monoisotopic (exact) mass is 464 g/mol. The fourth-order valence-corrected chi connectivity index (χ4v) is 2.09. The molecular formula is C13H12F8O7S. The van der Waals surface area contributed by atoms with Gasteiger partial charge in [0.1, 0.15) is 5.75 Å². The van der Waals surface area contributed by atoms with Crippen LogP contribution < -0.4 is 0 Å². The lowest BCUT2D eigenvalue weighted by Gasteiger charge is -2.24. The molecule has 0 radical (unpaired) electrons. The molecule has 0 aromatic carbocycles. The zero-order valence-electron chi connectivity index (χ0n) is 14.0. The lowest BCUT2D eigenvalue weighted by molar-refractivity contribution is -0.271. The zero-order valence-corrected chi connectivity index (χ0v) is 14.8. The Hall–Kier alpha value is -2.23. The first-order chi connectivity index (χ1) is 12.7. The highest BCUT2D eigenvalue weighted by molar-refractivity contribution is 7.85. The maximum atomic E-state index is 12.8. The quantitative estimate of drug-likeness (QED) is 0.194. The predicted molar refractivity (Wildman–Crippen MR) is 77.2 cm³/mol. The largest absolute Gasteiger partial charge is 0.448 e. The van der Waals surface area contributed by atoms with Crippen LogP contribution in [0.4, 0.5) is 35.1 Å². The lowest BCUT2D eigenvalue weighted by atomic mass is 10.2. The van der Waals surface area contributed by atoms with Gasteiger partial charge in [-0.1, -0.05) is 12.2 Å². The Morgan fingerprint density at radius 1 is 0.897 bits per heavy atom. The number of carbonyl (C=O) groups excluding carboxylic acids is 2. The number of alkyl halides is 8. The van der Waals surface area contributed by atoms with Crippen molar-refractivity contribution in [1.82, 2.24) is 0 Å². The van der Waals surface area contributed by atoms with Crippen LogP contribution in [0.2, 0.25) is 0 Å². The van der Waals surface area contributed by atoms with Crippen molar-refractivity contribution in [2.75, 3.05) is 5.75 Å². The van der Waals surface area contributed by atoms with Crippen LogP contribution >= 0.6 is 0 Å². The van der Waals surface area contributed by atoms with E-state index in [2.05, 4.69) is 9.47 Å². The molecular weight excluding hydrogens is 452 g/mol. The number of halogens is 8. The van der Waals surface area contributed by atoms with Crippen molar-refractivity contribution < 1.29 is 67.2 Å². The van der Waals surface area contributed by atoms with Gasteiger partial charge in [0.05, 0.1) is 0 Å². The van der Waals surface area contributed by atoms with E-state index in [1.807, 2.05) is 0 Å². The van der Waals surface area contributed by atoms with E-state index >= 15 is 0 Å². The Labute approximate surface area is 157 Å². The standard InChI is InChI=1S/C13H12F8O7S/c1-11(14,15)10(13(19,20)21)28-9(23)5-3-2-4-8(22)27-7(12(16,17)18)6-29(24,25)26/h2-5,7,10H,6H2,1H3,(H,24,25,26)/b4-2+,5-3+. The summed E-state index contributed by atoms with van der Waals surface area (Å²) in [7, 11) is -5.17. The first-order valence-corrected chi connectivity index (χ1v) is 8.57. The third-order valence-corrected chi connectivity index (χ3v) is 3.28.